The van der Waals surface area contributed by atoms with E-state index < -0.39 is 0 Å². The average molecular weight is 263 g/mol. The third kappa shape index (κ3) is 1.12. The molecule has 1 aromatic rings. The molecule has 0 radical (unpaired) electrons. The van der Waals surface area contributed by atoms with E-state index in [1.807, 2.05) is 11.8 Å². The van der Waals surface area contributed by atoms with Gasteiger partial charge in [0.15, 0.2) is 0 Å². The smallest absolute Gasteiger partial charge is 0.0658 e. The second-order valence-corrected chi connectivity index (χ2v) is 4.37. The number of benzene rings is 1. The Morgan fingerprint density at radius 3 is 3.30 bits per heavy atom. The van der Waals surface area contributed by atoms with Crippen LogP contribution >= 0.6 is 34.4 Å². The van der Waals surface area contributed by atoms with Crippen LogP contribution in [0.2, 0.25) is 0 Å². The summed E-state index contributed by atoms with van der Waals surface area (Å²) in [6, 6.07) is 6.48. The molecule has 0 aliphatic carbocycles. The second kappa shape index (κ2) is 2.62. The van der Waals surface area contributed by atoms with Crippen LogP contribution < -0.4 is 5.32 Å². The van der Waals surface area contributed by atoms with E-state index in [-0.39, 0.29) is 0 Å². The Kier molecular flexibility index (Phi) is 1.78. The highest BCUT2D eigenvalue weighted by atomic mass is 127. The van der Waals surface area contributed by atoms with Gasteiger partial charge in [-0.3, -0.25) is 0 Å². The predicted molar refractivity (Wildman–Crippen MR) is 53.5 cm³/mol. The topological polar surface area (TPSA) is 12.0 Å². The molecule has 0 amide bonds. The van der Waals surface area contributed by atoms with E-state index in [2.05, 4.69) is 46.1 Å². The lowest BCUT2D eigenvalue weighted by Gasteiger charge is -1.96. The first kappa shape index (κ1) is 6.79. The van der Waals surface area contributed by atoms with Gasteiger partial charge >= 0.3 is 0 Å². The van der Waals surface area contributed by atoms with Gasteiger partial charge in [0.2, 0.25) is 0 Å². The molecule has 1 nitrogen and oxygen atoms in total. The molecule has 1 aromatic carbocycles. The van der Waals surface area contributed by atoms with Gasteiger partial charge in [-0.1, -0.05) is 0 Å². The van der Waals surface area contributed by atoms with Crippen molar-refractivity contribution >= 4 is 40.0 Å². The molecule has 0 saturated carbocycles. The molecule has 0 bridgehead atoms. The number of hydrogen-bond donors (Lipinski definition) is 1. The summed E-state index contributed by atoms with van der Waals surface area (Å²) in [6.45, 7) is 0. The molecule has 10 heavy (non-hydrogen) atoms. The minimum atomic E-state index is 1.02. The van der Waals surface area contributed by atoms with Gasteiger partial charge in [0, 0.05) is 14.2 Å². The van der Waals surface area contributed by atoms with Gasteiger partial charge in [-0.15, -0.1) is 11.8 Å². The van der Waals surface area contributed by atoms with Gasteiger partial charge in [-0.05, 0) is 40.8 Å². The van der Waals surface area contributed by atoms with Gasteiger partial charge in [-0.25, -0.2) is 0 Å². The van der Waals surface area contributed by atoms with Crippen molar-refractivity contribution in [3.05, 3.63) is 21.8 Å². The van der Waals surface area contributed by atoms with Crippen molar-refractivity contribution in [2.45, 2.75) is 4.90 Å². The third-order valence-corrected chi connectivity index (χ3v) is 3.06. The molecule has 3 heteroatoms. The number of nitrogens with one attached hydrogen (secondary N) is 1. The number of fused-ring (bicyclic) bond motifs is 1. The van der Waals surface area contributed by atoms with Crippen LogP contribution in [0.25, 0.3) is 0 Å². The molecule has 0 aromatic heterocycles. The highest BCUT2D eigenvalue weighted by Crippen LogP contribution is 2.34. The van der Waals surface area contributed by atoms with Crippen LogP contribution in [-0.2, 0) is 0 Å². The number of anilines is 1. The summed E-state index contributed by atoms with van der Waals surface area (Å²) in [5.41, 5.74) is 1.29. The van der Waals surface area contributed by atoms with E-state index in [4.69, 9.17) is 0 Å². The van der Waals surface area contributed by atoms with Crippen LogP contribution in [0.1, 0.15) is 0 Å². The SMILES string of the molecule is Ic1ccc2c(c1)NCS2. The molecule has 0 unspecified atom stereocenters. The Morgan fingerprint density at radius 1 is 1.50 bits per heavy atom. The number of rotatable bonds is 0. The van der Waals surface area contributed by atoms with Gasteiger partial charge < -0.3 is 5.32 Å². The number of halogens is 1. The van der Waals surface area contributed by atoms with Crippen molar-refractivity contribution in [3.8, 4) is 0 Å². The Labute approximate surface area is 77.7 Å². The molecule has 52 valence electrons. The van der Waals surface area contributed by atoms with E-state index in [0.29, 0.717) is 0 Å². The van der Waals surface area contributed by atoms with Crippen LogP contribution in [0.5, 0.6) is 0 Å². The first-order valence-corrected chi connectivity index (χ1v) is 5.09. The largest absolute Gasteiger partial charge is 0.375 e. The van der Waals surface area contributed by atoms with Crippen LogP contribution in [0, 0.1) is 3.57 Å². The van der Waals surface area contributed by atoms with Crippen molar-refractivity contribution in [1.29, 1.82) is 0 Å². The van der Waals surface area contributed by atoms with Crippen molar-refractivity contribution < 1.29 is 0 Å². The van der Waals surface area contributed by atoms with Gasteiger partial charge in [-0.2, -0.15) is 0 Å². The fraction of sp³-hybridized carbons (Fsp3) is 0.143. The fourth-order valence-electron chi connectivity index (χ4n) is 0.958. The predicted octanol–water partition coefficient (Wildman–Crippen LogP) is 2.77. The van der Waals surface area contributed by atoms with Crippen LogP contribution in [0.4, 0.5) is 5.69 Å². The number of hydrogen-bond acceptors (Lipinski definition) is 2. The first-order chi connectivity index (χ1) is 4.86. The highest BCUT2D eigenvalue weighted by molar-refractivity contribution is 14.1. The molecular weight excluding hydrogens is 257 g/mol. The molecule has 0 saturated heterocycles. The summed E-state index contributed by atoms with van der Waals surface area (Å²) in [5, 5.41) is 3.30. The van der Waals surface area contributed by atoms with Crippen LogP contribution in [-0.4, -0.2) is 5.88 Å². The molecule has 0 atom stereocenters. The number of thioether (sulfide) groups is 1. The standard InChI is InChI=1S/C7H6INS/c8-5-1-2-7-6(3-5)9-4-10-7/h1-3,9H,4H2. The molecule has 1 N–H and O–H groups in total. The molecule has 1 aliphatic heterocycles. The molecule has 1 aliphatic rings. The van der Waals surface area contributed by atoms with Crippen molar-refractivity contribution in [1.82, 2.24) is 0 Å². The lowest BCUT2D eigenvalue weighted by Crippen LogP contribution is -1.87. The zero-order chi connectivity index (χ0) is 6.97. The van der Waals surface area contributed by atoms with Gasteiger partial charge in [0.1, 0.15) is 0 Å². The Hall–Kier alpha value is 0.1000. The molecule has 0 fully saturated rings. The average Bonchev–Trinajstić information content (AvgIpc) is 2.33. The summed E-state index contributed by atoms with van der Waals surface area (Å²) in [7, 11) is 0. The van der Waals surface area contributed by atoms with Crippen molar-refractivity contribution in [3.63, 3.8) is 0 Å². The molecular formula is C7H6INS. The van der Waals surface area contributed by atoms with Crippen molar-refractivity contribution in [2.24, 2.45) is 0 Å². The maximum absolute atomic E-state index is 3.30. The normalized spacial score (nSPS) is 14.5. The Bertz CT molecular complexity index is 262. The highest BCUT2D eigenvalue weighted by Gasteiger charge is 2.08. The monoisotopic (exact) mass is 263 g/mol. The lowest BCUT2D eigenvalue weighted by atomic mass is 10.3. The van der Waals surface area contributed by atoms with E-state index >= 15 is 0 Å². The maximum atomic E-state index is 3.30. The van der Waals surface area contributed by atoms with Crippen LogP contribution in [0.3, 0.4) is 0 Å². The maximum Gasteiger partial charge on any atom is 0.0658 e. The second-order valence-electron chi connectivity index (χ2n) is 2.11. The third-order valence-electron chi connectivity index (χ3n) is 1.43. The zero-order valence-corrected chi connectivity index (χ0v) is 8.20. The van der Waals surface area contributed by atoms with Gasteiger partial charge in [0.25, 0.3) is 0 Å². The minimum Gasteiger partial charge on any atom is -0.375 e. The quantitative estimate of drug-likeness (QED) is 0.722. The lowest BCUT2D eigenvalue weighted by molar-refractivity contribution is 1.41. The van der Waals surface area contributed by atoms with E-state index in [0.717, 1.165) is 5.88 Å². The first-order valence-electron chi connectivity index (χ1n) is 3.02. The Balaban J connectivity index is 2.52. The summed E-state index contributed by atoms with van der Waals surface area (Å²) < 4.78 is 1.30. The van der Waals surface area contributed by atoms with E-state index in [1.54, 1.807) is 0 Å². The van der Waals surface area contributed by atoms with Crippen LogP contribution in [0.15, 0.2) is 23.1 Å². The van der Waals surface area contributed by atoms with E-state index in [1.165, 1.54) is 14.2 Å². The summed E-state index contributed by atoms with van der Waals surface area (Å²) in [4.78, 5) is 1.38. The van der Waals surface area contributed by atoms with Crippen molar-refractivity contribution in [2.75, 3.05) is 11.2 Å². The van der Waals surface area contributed by atoms with Gasteiger partial charge in [0.05, 0.1) is 5.88 Å². The molecule has 2 rings (SSSR count). The molecule has 1 heterocycles. The summed E-state index contributed by atoms with van der Waals surface area (Å²) >= 11 is 4.19. The van der Waals surface area contributed by atoms with E-state index in [9.17, 15) is 0 Å². The zero-order valence-electron chi connectivity index (χ0n) is 5.23. The summed E-state index contributed by atoms with van der Waals surface area (Å²) in [6.07, 6.45) is 0. The fourth-order valence-corrected chi connectivity index (χ4v) is 2.28. The molecule has 0 spiro atoms. The summed E-state index contributed by atoms with van der Waals surface area (Å²) in [5.74, 6) is 1.02. The minimum absolute atomic E-state index is 1.02. The Morgan fingerprint density at radius 2 is 2.40 bits per heavy atom.